The van der Waals surface area contributed by atoms with Gasteiger partial charge in [0.05, 0.1) is 18.4 Å². The van der Waals surface area contributed by atoms with Crippen LogP contribution in [0, 0.1) is 0 Å². The molecule has 1 amide bonds. The number of ether oxygens (including phenoxy) is 1. The van der Waals surface area contributed by atoms with Crippen molar-refractivity contribution in [2.24, 2.45) is 0 Å². The van der Waals surface area contributed by atoms with Crippen LogP contribution in [0.5, 0.6) is 5.19 Å². The summed E-state index contributed by atoms with van der Waals surface area (Å²) in [6.07, 6.45) is 1.70. The summed E-state index contributed by atoms with van der Waals surface area (Å²) in [5.41, 5.74) is 0.792. The third-order valence-corrected chi connectivity index (χ3v) is 6.96. The molecule has 1 aliphatic heterocycles. The number of rotatable bonds is 3. The molecule has 25 heavy (non-hydrogen) atoms. The van der Waals surface area contributed by atoms with Gasteiger partial charge in [0.15, 0.2) is 0 Å². The van der Waals surface area contributed by atoms with Crippen LogP contribution in [0.1, 0.15) is 22.5 Å². The summed E-state index contributed by atoms with van der Waals surface area (Å²) in [4.78, 5) is 19.6. The maximum atomic E-state index is 12.5. The van der Waals surface area contributed by atoms with E-state index in [9.17, 15) is 4.79 Å². The second-order valence-corrected chi connectivity index (χ2v) is 9.64. The predicted molar refractivity (Wildman–Crippen MR) is 106 cm³/mol. The molecule has 0 aliphatic carbocycles. The van der Waals surface area contributed by atoms with Crippen LogP contribution in [-0.4, -0.2) is 35.0 Å². The van der Waals surface area contributed by atoms with Crippen molar-refractivity contribution in [3.05, 3.63) is 44.0 Å². The van der Waals surface area contributed by atoms with Crippen molar-refractivity contribution in [2.75, 3.05) is 13.1 Å². The SMILES string of the molecule is O=C(c1ccc(Br)s1)N1CCC(Oc2nc3c(Cl)cccc3s2)CC1. The highest BCUT2D eigenvalue weighted by Crippen LogP contribution is 2.33. The molecule has 1 saturated heterocycles. The summed E-state index contributed by atoms with van der Waals surface area (Å²) in [7, 11) is 0. The summed E-state index contributed by atoms with van der Waals surface area (Å²) in [5, 5.41) is 1.29. The number of halogens is 2. The molecule has 1 aliphatic rings. The molecule has 3 aromatic rings. The number of fused-ring (bicyclic) bond motifs is 1. The van der Waals surface area contributed by atoms with Gasteiger partial charge >= 0.3 is 0 Å². The first-order valence-corrected chi connectivity index (χ1v) is 10.7. The lowest BCUT2D eigenvalue weighted by Crippen LogP contribution is -2.41. The van der Waals surface area contributed by atoms with Gasteiger partial charge < -0.3 is 9.64 Å². The number of piperidine rings is 1. The van der Waals surface area contributed by atoms with Gasteiger partial charge in [-0.25, -0.2) is 4.98 Å². The van der Waals surface area contributed by atoms with Crippen LogP contribution in [0.25, 0.3) is 10.2 Å². The number of aromatic nitrogens is 1. The Morgan fingerprint density at radius 1 is 1.24 bits per heavy atom. The number of amides is 1. The van der Waals surface area contributed by atoms with Crippen molar-refractivity contribution in [1.29, 1.82) is 0 Å². The van der Waals surface area contributed by atoms with Crippen LogP contribution in [0.4, 0.5) is 0 Å². The van der Waals surface area contributed by atoms with Crippen molar-refractivity contribution in [3.63, 3.8) is 0 Å². The van der Waals surface area contributed by atoms with E-state index in [1.807, 2.05) is 35.2 Å². The van der Waals surface area contributed by atoms with Crippen molar-refractivity contribution >= 4 is 66.3 Å². The molecule has 0 unspecified atom stereocenters. The Morgan fingerprint density at radius 3 is 2.72 bits per heavy atom. The average molecular weight is 458 g/mol. The van der Waals surface area contributed by atoms with Gasteiger partial charge in [-0.3, -0.25) is 4.79 Å². The van der Waals surface area contributed by atoms with Gasteiger partial charge in [-0.05, 0) is 40.2 Å². The average Bonchev–Trinajstić information content (AvgIpc) is 3.22. The maximum Gasteiger partial charge on any atom is 0.274 e. The molecule has 8 heteroatoms. The molecule has 0 atom stereocenters. The van der Waals surface area contributed by atoms with Gasteiger partial charge in [0, 0.05) is 25.9 Å². The highest BCUT2D eigenvalue weighted by Gasteiger charge is 2.26. The fourth-order valence-corrected chi connectivity index (χ4v) is 5.38. The molecule has 4 rings (SSSR count). The molecule has 1 aromatic carbocycles. The highest BCUT2D eigenvalue weighted by molar-refractivity contribution is 9.11. The van der Waals surface area contributed by atoms with E-state index >= 15 is 0 Å². The van der Waals surface area contributed by atoms with Crippen molar-refractivity contribution < 1.29 is 9.53 Å². The molecule has 4 nitrogen and oxygen atoms in total. The molecule has 2 aromatic heterocycles. The number of thiophene rings is 1. The Balaban J connectivity index is 1.38. The van der Waals surface area contributed by atoms with Gasteiger partial charge in [0.1, 0.15) is 11.6 Å². The summed E-state index contributed by atoms with van der Waals surface area (Å²) in [6.45, 7) is 1.40. The van der Waals surface area contributed by atoms with Gasteiger partial charge in [0.2, 0.25) is 0 Å². The third-order valence-electron chi connectivity index (χ3n) is 4.13. The van der Waals surface area contributed by atoms with E-state index in [0.29, 0.717) is 23.3 Å². The first kappa shape index (κ1) is 17.3. The maximum absolute atomic E-state index is 12.5. The van der Waals surface area contributed by atoms with E-state index in [-0.39, 0.29) is 12.0 Å². The van der Waals surface area contributed by atoms with Crippen molar-refractivity contribution in [1.82, 2.24) is 9.88 Å². The van der Waals surface area contributed by atoms with Crippen LogP contribution in [0.15, 0.2) is 34.1 Å². The van der Waals surface area contributed by atoms with Gasteiger partial charge in [-0.2, -0.15) is 0 Å². The number of hydrogen-bond acceptors (Lipinski definition) is 5. The van der Waals surface area contributed by atoms with E-state index in [1.165, 1.54) is 22.7 Å². The summed E-state index contributed by atoms with van der Waals surface area (Å²) in [5.74, 6) is 0.0981. The molecule has 3 heterocycles. The molecule has 0 spiro atoms. The lowest BCUT2D eigenvalue weighted by Gasteiger charge is -2.31. The molecule has 0 N–H and O–H groups in total. The first-order chi connectivity index (χ1) is 12.1. The molecule has 130 valence electrons. The monoisotopic (exact) mass is 456 g/mol. The number of carbonyl (C=O) groups excluding carboxylic acids is 1. The standard InChI is InChI=1S/C17H14BrClN2O2S2/c18-14-5-4-13(24-14)16(22)21-8-6-10(7-9-21)23-17-20-15-11(19)2-1-3-12(15)25-17/h1-5,10H,6-9H2. The summed E-state index contributed by atoms with van der Waals surface area (Å²) in [6, 6.07) is 9.52. The van der Waals surface area contributed by atoms with Gasteiger partial charge in [-0.15, -0.1) is 11.3 Å². The molecular weight excluding hydrogens is 444 g/mol. The highest BCUT2D eigenvalue weighted by atomic mass is 79.9. The Kier molecular flexibility index (Phi) is 4.99. The van der Waals surface area contributed by atoms with Gasteiger partial charge in [-0.1, -0.05) is 29.0 Å². The largest absolute Gasteiger partial charge is 0.467 e. The lowest BCUT2D eigenvalue weighted by atomic mass is 10.1. The van der Waals surface area contributed by atoms with Crippen LogP contribution < -0.4 is 4.74 Å². The van der Waals surface area contributed by atoms with Crippen molar-refractivity contribution in [3.8, 4) is 5.19 Å². The Bertz CT molecular complexity index is 918. The number of thiazole rings is 1. The Labute approximate surface area is 166 Å². The van der Waals surface area contributed by atoms with Crippen LogP contribution in [0.3, 0.4) is 0 Å². The Morgan fingerprint density at radius 2 is 2.04 bits per heavy atom. The molecule has 0 radical (unpaired) electrons. The number of hydrogen-bond donors (Lipinski definition) is 0. The van der Waals surface area contributed by atoms with Crippen LogP contribution >= 0.6 is 50.2 Å². The number of para-hydroxylation sites is 1. The third kappa shape index (κ3) is 3.69. The van der Waals surface area contributed by atoms with E-state index in [2.05, 4.69) is 20.9 Å². The second kappa shape index (κ2) is 7.23. The minimum absolute atomic E-state index is 0.0819. The first-order valence-electron chi connectivity index (χ1n) is 7.86. The predicted octanol–water partition coefficient (Wildman–Crippen LogP) is 5.46. The summed E-state index contributed by atoms with van der Waals surface area (Å²) < 4.78 is 8.04. The second-order valence-electron chi connectivity index (χ2n) is 5.78. The molecule has 0 bridgehead atoms. The number of likely N-dealkylation sites (tertiary alicyclic amines) is 1. The van der Waals surface area contributed by atoms with E-state index in [1.54, 1.807) is 0 Å². The zero-order chi connectivity index (χ0) is 17.4. The fraction of sp³-hybridized carbons (Fsp3) is 0.294. The summed E-state index contributed by atoms with van der Waals surface area (Å²) >= 11 is 12.6. The molecular formula is C17H14BrClN2O2S2. The molecule has 0 saturated carbocycles. The van der Waals surface area contributed by atoms with E-state index in [0.717, 1.165) is 31.7 Å². The number of carbonyl (C=O) groups is 1. The van der Waals surface area contributed by atoms with E-state index < -0.39 is 0 Å². The Hall–Kier alpha value is -1.15. The smallest absolute Gasteiger partial charge is 0.274 e. The zero-order valence-electron chi connectivity index (χ0n) is 13.1. The fourth-order valence-electron chi connectivity index (χ4n) is 2.85. The van der Waals surface area contributed by atoms with Gasteiger partial charge in [0.25, 0.3) is 11.1 Å². The number of benzene rings is 1. The zero-order valence-corrected chi connectivity index (χ0v) is 17.1. The van der Waals surface area contributed by atoms with E-state index in [4.69, 9.17) is 16.3 Å². The topological polar surface area (TPSA) is 42.4 Å². The van der Waals surface area contributed by atoms with Crippen molar-refractivity contribution in [2.45, 2.75) is 18.9 Å². The lowest BCUT2D eigenvalue weighted by molar-refractivity contribution is 0.0600. The minimum atomic E-state index is 0.0819. The minimum Gasteiger partial charge on any atom is -0.467 e. The quantitative estimate of drug-likeness (QED) is 0.524. The normalized spacial score (nSPS) is 15.7. The van der Waals surface area contributed by atoms with Crippen LogP contribution in [0.2, 0.25) is 5.02 Å². The number of nitrogens with zero attached hydrogens (tertiary/aromatic N) is 2. The molecule has 1 fully saturated rings. The van der Waals surface area contributed by atoms with Crippen LogP contribution in [-0.2, 0) is 0 Å².